The fourth-order valence-corrected chi connectivity index (χ4v) is 1.21. The Morgan fingerprint density at radius 1 is 1.50 bits per heavy atom. The van der Waals surface area contributed by atoms with E-state index in [4.69, 9.17) is 9.47 Å². The quantitative estimate of drug-likeness (QED) is 0.608. The topological polar surface area (TPSA) is 59.6 Å². The lowest BCUT2D eigenvalue weighted by Crippen LogP contribution is -2.40. The van der Waals surface area contributed by atoms with Crippen LogP contribution in [0.1, 0.15) is 6.42 Å². The standard InChI is InChI=1S/C9H18N2O3/c1-10-3-2-9(12)11-6-8-7-13-4-5-14-8/h8,10H,2-7H2,1H3,(H,11,12). The monoisotopic (exact) mass is 202 g/mol. The van der Waals surface area contributed by atoms with Crippen LogP contribution in [0.2, 0.25) is 0 Å². The predicted molar refractivity (Wildman–Crippen MR) is 52.1 cm³/mol. The van der Waals surface area contributed by atoms with Crippen molar-refractivity contribution < 1.29 is 14.3 Å². The minimum Gasteiger partial charge on any atom is -0.376 e. The van der Waals surface area contributed by atoms with Gasteiger partial charge < -0.3 is 20.1 Å². The summed E-state index contributed by atoms with van der Waals surface area (Å²) in [4.78, 5) is 11.2. The Morgan fingerprint density at radius 3 is 3.00 bits per heavy atom. The van der Waals surface area contributed by atoms with Crippen molar-refractivity contribution in [2.75, 3.05) is 40.0 Å². The molecule has 0 bridgehead atoms. The zero-order valence-corrected chi connectivity index (χ0v) is 8.54. The average molecular weight is 202 g/mol. The van der Waals surface area contributed by atoms with Crippen molar-refractivity contribution in [1.82, 2.24) is 10.6 Å². The Hall–Kier alpha value is -0.650. The molecule has 5 nitrogen and oxygen atoms in total. The van der Waals surface area contributed by atoms with Gasteiger partial charge >= 0.3 is 0 Å². The molecule has 1 fully saturated rings. The molecule has 2 N–H and O–H groups in total. The Morgan fingerprint density at radius 2 is 2.36 bits per heavy atom. The van der Waals surface area contributed by atoms with E-state index in [2.05, 4.69) is 10.6 Å². The van der Waals surface area contributed by atoms with Gasteiger partial charge in [-0.15, -0.1) is 0 Å². The van der Waals surface area contributed by atoms with Gasteiger partial charge in [-0.25, -0.2) is 0 Å². The summed E-state index contributed by atoms with van der Waals surface area (Å²) in [6.45, 7) is 3.10. The van der Waals surface area contributed by atoms with Crippen LogP contribution < -0.4 is 10.6 Å². The van der Waals surface area contributed by atoms with Gasteiger partial charge in [0, 0.05) is 19.5 Å². The molecule has 1 aliphatic heterocycles. The van der Waals surface area contributed by atoms with E-state index >= 15 is 0 Å². The number of amides is 1. The molecule has 0 aliphatic carbocycles. The van der Waals surface area contributed by atoms with Gasteiger partial charge in [0.05, 0.1) is 25.9 Å². The molecule has 82 valence electrons. The summed E-state index contributed by atoms with van der Waals surface area (Å²) in [6.07, 6.45) is 0.520. The Balaban J connectivity index is 2.03. The SMILES string of the molecule is CNCCC(=O)NCC1COCCO1. The van der Waals surface area contributed by atoms with Crippen molar-refractivity contribution in [3.8, 4) is 0 Å². The zero-order chi connectivity index (χ0) is 10.2. The second kappa shape index (κ2) is 6.75. The van der Waals surface area contributed by atoms with Crippen LogP contribution in [0.15, 0.2) is 0 Å². The summed E-state index contributed by atoms with van der Waals surface area (Å²) in [5.41, 5.74) is 0. The highest BCUT2D eigenvalue weighted by molar-refractivity contribution is 5.76. The van der Waals surface area contributed by atoms with Crippen LogP contribution in [0.5, 0.6) is 0 Å². The number of nitrogens with one attached hydrogen (secondary N) is 2. The van der Waals surface area contributed by atoms with Crippen molar-refractivity contribution in [3.63, 3.8) is 0 Å². The zero-order valence-electron chi connectivity index (χ0n) is 8.54. The summed E-state index contributed by atoms with van der Waals surface area (Å²) in [5, 5.41) is 5.72. The summed E-state index contributed by atoms with van der Waals surface area (Å²) < 4.78 is 10.6. The molecule has 1 amide bonds. The summed E-state index contributed by atoms with van der Waals surface area (Å²) in [6, 6.07) is 0. The molecule has 0 aromatic rings. The number of ether oxygens (including phenoxy) is 2. The van der Waals surface area contributed by atoms with Crippen LogP contribution in [-0.2, 0) is 14.3 Å². The van der Waals surface area contributed by atoms with Crippen molar-refractivity contribution in [2.45, 2.75) is 12.5 Å². The molecule has 1 atom stereocenters. The first-order chi connectivity index (χ1) is 6.83. The van der Waals surface area contributed by atoms with Gasteiger partial charge in [-0.05, 0) is 7.05 Å². The maximum atomic E-state index is 11.2. The highest BCUT2D eigenvalue weighted by Gasteiger charge is 2.14. The van der Waals surface area contributed by atoms with Gasteiger partial charge in [-0.1, -0.05) is 0 Å². The molecule has 1 unspecified atom stereocenters. The summed E-state index contributed by atoms with van der Waals surface area (Å²) in [5.74, 6) is 0.0496. The van der Waals surface area contributed by atoms with Gasteiger partial charge in [0.1, 0.15) is 0 Å². The molecule has 0 saturated carbocycles. The summed E-state index contributed by atoms with van der Waals surface area (Å²) in [7, 11) is 1.82. The molecular weight excluding hydrogens is 184 g/mol. The maximum Gasteiger partial charge on any atom is 0.221 e. The van der Waals surface area contributed by atoms with Gasteiger partial charge in [0.25, 0.3) is 0 Å². The van der Waals surface area contributed by atoms with E-state index in [-0.39, 0.29) is 12.0 Å². The van der Waals surface area contributed by atoms with Crippen LogP contribution >= 0.6 is 0 Å². The van der Waals surface area contributed by atoms with Crippen LogP contribution in [0, 0.1) is 0 Å². The van der Waals surface area contributed by atoms with E-state index < -0.39 is 0 Å². The summed E-state index contributed by atoms with van der Waals surface area (Å²) >= 11 is 0. The Kier molecular flexibility index (Phi) is 5.51. The fourth-order valence-electron chi connectivity index (χ4n) is 1.21. The number of carbonyl (C=O) groups excluding carboxylic acids is 1. The predicted octanol–water partition coefficient (Wildman–Crippen LogP) is -0.872. The molecular formula is C9H18N2O3. The molecule has 5 heteroatoms. The number of hydrogen-bond acceptors (Lipinski definition) is 4. The second-order valence-electron chi connectivity index (χ2n) is 3.23. The van der Waals surface area contributed by atoms with Crippen LogP contribution in [0.3, 0.4) is 0 Å². The van der Waals surface area contributed by atoms with E-state index in [1.54, 1.807) is 0 Å². The van der Waals surface area contributed by atoms with Crippen molar-refractivity contribution in [1.29, 1.82) is 0 Å². The third kappa shape index (κ3) is 4.55. The number of hydrogen-bond donors (Lipinski definition) is 2. The lowest BCUT2D eigenvalue weighted by molar-refractivity contribution is -0.123. The third-order valence-corrected chi connectivity index (χ3v) is 2.01. The van der Waals surface area contributed by atoms with E-state index in [9.17, 15) is 4.79 Å². The molecule has 1 heterocycles. The molecule has 14 heavy (non-hydrogen) atoms. The largest absolute Gasteiger partial charge is 0.376 e. The van der Waals surface area contributed by atoms with Crippen molar-refractivity contribution >= 4 is 5.91 Å². The Bertz CT molecular complexity index is 169. The maximum absolute atomic E-state index is 11.2. The normalized spacial score (nSPS) is 21.9. The van der Waals surface area contributed by atoms with Crippen molar-refractivity contribution in [3.05, 3.63) is 0 Å². The van der Waals surface area contributed by atoms with Gasteiger partial charge in [0.2, 0.25) is 5.91 Å². The lowest BCUT2D eigenvalue weighted by Gasteiger charge is -2.23. The van der Waals surface area contributed by atoms with Crippen LogP contribution in [-0.4, -0.2) is 52.0 Å². The first-order valence-corrected chi connectivity index (χ1v) is 4.93. The molecule has 1 aliphatic rings. The molecule has 1 saturated heterocycles. The number of rotatable bonds is 5. The molecule has 1 rings (SSSR count). The molecule has 0 aromatic carbocycles. The first kappa shape index (κ1) is 11.4. The van der Waals surface area contributed by atoms with Crippen LogP contribution in [0.4, 0.5) is 0 Å². The van der Waals surface area contributed by atoms with Gasteiger partial charge in [0.15, 0.2) is 0 Å². The van der Waals surface area contributed by atoms with E-state index in [1.807, 2.05) is 7.05 Å². The fraction of sp³-hybridized carbons (Fsp3) is 0.889. The molecule has 0 aromatic heterocycles. The van der Waals surface area contributed by atoms with E-state index in [0.717, 1.165) is 0 Å². The first-order valence-electron chi connectivity index (χ1n) is 4.93. The molecule has 0 radical (unpaired) electrons. The minimum atomic E-state index is 0.0160. The minimum absolute atomic E-state index is 0.0160. The smallest absolute Gasteiger partial charge is 0.221 e. The average Bonchev–Trinajstić information content (AvgIpc) is 2.25. The lowest BCUT2D eigenvalue weighted by atomic mass is 10.3. The molecule has 0 spiro atoms. The Labute approximate surface area is 84.1 Å². The van der Waals surface area contributed by atoms with Gasteiger partial charge in [-0.2, -0.15) is 0 Å². The van der Waals surface area contributed by atoms with Gasteiger partial charge in [-0.3, -0.25) is 4.79 Å². The van der Waals surface area contributed by atoms with E-state index in [1.165, 1.54) is 0 Å². The second-order valence-corrected chi connectivity index (χ2v) is 3.23. The van der Waals surface area contributed by atoms with Crippen LogP contribution in [0.25, 0.3) is 0 Å². The third-order valence-electron chi connectivity index (χ3n) is 2.01. The van der Waals surface area contributed by atoms with Crippen molar-refractivity contribution in [2.24, 2.45) is 0 Å². The number of carbonyl (C=O) groups is 1. The highest BCUT2D eigenvalue weighted by atomic mass is 16.6. The van der Waals surface area contributed by atoms with E-state index in [0.29, 0.717) is 39.3 Å². The highest BCUT2D eigenvalue weighted by Crippen LogP contribution is 1.98.